The Labute approximate surface area is 105 Å². The summed E-state index contributed by atoms with van der Waals surface area (Å²) in [5.74, 6) is 0. The molecule has 1 aliphatic rings. The average Bonchev–Trinajstić information content (AvgIpc) is 2.39. The van der Waals surface area contributed by atoms with Gasteiger partial charge in [0.05, 0.1) is 0 Å². The van der Waals surface area contributed by atoms with E-state index in [-0.39, 0.29) is 5.41 Å². The Hall–Kier alpha value is -1.02. The second-order valence-electron chi connectivity index (χ2n) is 5.46. The van der Waals surface area contributed by atoms with Crippen LogP contribution in [0.1, 0.15) is 37.7 Å². The number of rotatable bonds is 3. The number of hydrogen-bond donors (Lipinski definition) is 1. The monoisotopic (exact) mass is 232 g/mol. The Bertz CT molecular complexity index is 365. The van der Waals surface area contributed by atoms with E-state index in [1.165, 1.54) is 43.4 Å². The van der Waals surface area contributed by atoms with Gasteiger partial charge >= 0.3 is 0 Å². The molecular weight excluding hydrogens is 208 g/mol. The molecule has 0 aliphatic heterocycles. The molecule has 0 radical (unpaired) electrons. The number of hydrogen-bond acceptors (Lipinski definition) is 2. The lowest BCUT2D eigenvalue weighted by Crippen LogP contribution is -2.38. The van der Waals surface area contributed by atoms with Crippen LogP contribution in [-0.4, -0.2) is 20.6 Å². The summed E-state index contributed by atoms with van der Waals surface area (Å²) in [7, 11) is 4.23. The molecule has 0 aromatic heterocycles. The Kier molecular flexibility index (Phi) is 3.72. The lowest BCUT2D eigenvalue weighted by atomic mass is 9.69. The summed E-state index contributed by atoms with van der Waals surface area (Å²) < 4.78 is 0. The Morgan fingerprint density at radius 3 is 2.35 bits per heavy atom. The molecule has 0 bridgehead atoms. The maximum Gasteiger partial charge on any atom is 0.0399 e. The summed E-state index contributed by atoms with van der Waals surface area (Å²) in [5.41, 5.74) is 9.13. The van der Waals surface area contributed by atoms with E-state index < -0.39 is 0 Å². The zero-order valence-corrected chi connectivity index (χ0v) is 11.1. The molecule has 1 saturated carbocycles. The molecule has 0 spiro atoms. The second kappa shape index (κ2) is 5.09. The molecule has 17 heavy (non-hydrogen) atoms. The van der Waals surface area contributed by atoms with Crippen molar-refractivity contribution in [3.05, 3.63) is 29.8 Å². The normalized spacial score (nSPS) is 19.0. The Morgan fingerprint density at radius 1 is 1.12 bits per heavy atom. The van der Waals surface area contributed by atoms with Crippen LogP contribution in [0.15, 0.2) is 24.3 Å². The molecule has 2 rings (SSSR count). The first-order valence-corrected chi connectivity index (χ1v) is 6.66. The summed E-state index contributed by atoms with van der Waals surface area (Å²) in [5, 5.41) is 0. The number of nitrogens with two attached hydrogens (primary N) is 1. The highest BCUT2D eigenvalue weighted by molar-refractivity contribution is 5.56. The van der Waals surface area contributed by atoms with Crippen LogP contribution in [-0.2, 0) is 5.41 Å². The predicted molar refractivity (Wildman–Crippen MR) is 74.6 cm³/mol. The molecule has 1 fully saturated rings. The van der Waals surface area contributed by atoms with Crippen LogP contribution < -0.4 is 10.6 Å². The van der Waals surface area contributed by atoms with Gasteiger partial charge in [-0.2, -0.15) is 0 Å². The summed E-state index contributed by atoms with van der Waals surface area (Å²) in [6.07, 6.45) is 6.49. The van der Waals surface area contributed by atoms with E-state index in [1.807, 2.05) is 0 Å². The van der Waals surface area contributed by atoms with Crippen LogP contribution in [0.5, 0.6) is 0 Å². The zero-order valence-electron chi connectivity index (χ0n) is 11.1. The van der Waals surface area contributed by atoms with Crippen LogP contribution in [0, 0.1) is 0 Å². The van der Waals surface area contributed by atoms with Crippen molar-refractivity contribution in [3.63, 3.8) is 0 Å². The van der Waals surface area contributed by atoms with Crippen molar-refractivity contribution in [2.24, 2.45) is 5.73 Å². The summed E-state index contributed by atoms with van der Waals surface area (Å²) >= 11 is 0. The molecule has 2 heteroatoms. The lowest BCUT2D eigenvalue weighted by molar-refractivity contribution is 0.301. The second-order valence-corrected chi connectivity index (χ2v) is 5.46. The maximum absolute atomic E-state index is 6.12. The molecular formula is C15H24N2. The molecule has 2 nitrogen and oxygen atoms in total. The first-order chi connectivity index (χ1) is 8.19. The van der Waals surface area contributed by atoms with Gasteiger partial charge in [0, 0.05) is 31.7 Å². The number of para-hydroxylation sites is 1. The van der Waals surface area contributed by atoms with E-state index in [0.29, 0.717) is 0 Å². The van der Waals surface area contributed by atoms with Crippen molar-refractivity contribution in [3.8, 4) is 0 Å². The van der Waals surface area contributed by atoms with Gasteiger partial charge in [-0.3, -0.25) is 0 Å². The van der Waals surface area contributed by atoms with Gasteiger partial charge < -0.3 is 10.6 Å². The minimum atomic E-state index is 0.221. The van der Waals surface area contributed by atoms with E-state index >= 15 is 0 Å². The van der Waals surface area contributed by atoms with Crippen LogP contribution in [0.25, 0.3) is 0 Å². The van der Waals surface area contributed by atoms with Gasteiger partial charge in [0.2, 0.25) is 0 Å². The van der Waals surface area contributed by atoms with Crippen molar-refractivity contribution in [1.29, 1.82) is 0 Å². The molecule has 2 N–H and O–H groups in total. The lowest BCUT2D eigenvalue weighted by Gasteiger charge is -2.39. The van der Waals surface area contributed by atoms with E-state index in [9.17, 15) is 0 Å². The number of nitrogens with zero attached hydrogens (tertiary/aromatic N) is 1. The molecule has 0 heterocycles. The average molecular weight is 232 g/mol. The van der Waals surface area contributed by atoms with Crippen molar-refractivity contribution in [2.75, 3.05) is 25.5 Å². The van der Waals surface area contributed by atoms with Gasteiger partial charge in [-0.15, -0.1) is 0 Å². The topological polar surface area (TPSA) is 29.3 Å². The first-order valence-electron chi connectivity index (χ1n) is 6.66. The summed E-state index contributed by atoms with van der Waals surface area (Å²) in [6.45, 7) is 0.776. The standard InChI is InChI=1S/C15H24N2/c1-17(2)14-9-5-4-8-13(14)15(12-16)10-6-3-7-11-15/h4-5,8-9H,3,6-7,10-12,16H2,1-2H3. The van der Waals surface area contributed by atoms with E-state index in [0.717, 1.165) is 6.54 Å². The molecule has 1 aromatic carbocycles. The van der Waals surface area contributed by atoms with Gasteiger partial charge in [-0.05, 0) is 24.5 Å². The maximum atomic E-state index is 6.12. The molecule has 0 amide bonds. The van der Waals surface area contributed by atoms with E-state index in [2.05, 4.69) is 43.3 Å². The van der Waals surface area contributed by atoms with Crippen molar-refractivity contribution in [1.82, 2.24) is 0 Å². The SMILES string of the molecule is CN(C)c1ccccc1C1(CN)CCCCC1. The largest absolute Gasteiger partial charge is 0.377 e. The highest BCUT2D eigenvalue weighted by Crippen LogP contribution is 2.42. The molecule has 1 aliphatic carbocycles. The van der Waals surface area contributed by atoms with Crippen molar-refractivity contribution in [2.45, 2.75) is 37.5 Å². The summed E-state index contributed by atoms with van der Waals surface area (Å²) in [6, 6.07) is 8.75. The molecule has 0 atom stereocenters. The van der Waals surface area contributed by atoms with Gasteiger partial charge in [0.15, 0.2) is 0 Å². The van der Waals surface area contributed by atoms with Crippen LogP contribution >= 0.6 is 0 Å². The molecule has 0 saturated heterocycles. The first kappa shape index (κ1) is 12.4. The van der Waals surface area contributed by atoms with Crippen LogP contribution in [0.2, 0.25) is 0 Å². The third-order valence-electron chi connectivity index (χ3n) is 4.16. The Balaban J connectivity index is 2.42. The fraction of sp³-hybridized carbons (Fsp3) is 0.600. The van der Waals surface area contributed by atoms with Crippen LogP contribution in [0.4, 0.5) is 5.69 Å². The smallest absolute Gasteiger partial charge is 0.0399 e. The fourth-order valence-corrected chi connectivity index (χ4v) is 3.12. The van der Waals surface area contributed by atoms with Gasteiger partial charge in [-0.25, -0.2) is 0 Å². The highest BCUT2D eigenvalue weighted by Gasteiger charge is 2.34. The fourth-order valence-electron chi connectivity index (χ4n) is 3.12. The third kappa shape index (κ3) is 2.32. The van der Waals surface area contributed by atoms with Crippen LogP contribution in [0.3, 0.4) is 0 Å². The highest BCUT2D eigenvalue weighted by atomic mass is 15.1. The molecule has 1 aromatic rings. The van der Waals surface area contributed by atoms with Gasteiger partial charge in [0.25, 0.3) is 0 Å². The minimum Gasteiger partial charge on any atom is -0.377 e. The van der Waals surface area contributed by atoms with Gasteiger partial charge in [-0.1, -0.05) is 37.5 Å². The van der Waals surface area contributed by atoms with Crippen molar-refractivity contribution >= 4 is 5.69 Å². The quantitative estimate of drug-likeness (QED) is 0.868. The molecule has 0 unspecified atom stereocenters. The number of anilines is 1. The minimum absolute atomic E-state index is 0.221. The van der Waals surface area contributed by atoms with E-state index in [4.69, 9.17) is 5.73 Å². The molecule has 94 valence electrons. The Morgan fingerprint density at radius 2 is 1.76 bits per heavy atom. The summed E-state index contributed by atoms with van der Waals surface area (Å²) in [4.78, 5) is 2.21. The third-order valence-corrected chi connectivity index (χ3v) is 4.16. The van der Waals surface area contributed by atoms with Crippen molar-refractivity contribution < 1.29 is 0 Å². The van der Waals surface area contributed by atoms with E-state index in [1.54, 1.807) is 0 Å². The van der Waals surface area contributed by atoms with Gasteiger partial charge in [0.1, 0.15) is 0 Å². The predicted octanol–water partition coefficient (Wildman–Crippen LogP) is 2.91. The number of benzene rings is 1. The zero-order chi connectivity index (χ0) is 12.3.